The lowest BCUT2D eigenvalue weighted by Crippen LogP contribution is -2.36. The van der Waals surface area contributed by atoms with Crippen molar-refractivity contribution in [2.45, 2.75) is 31.6 Å². The molecule has 122 valence electrons. The molecular weight excluding hydrogens is 310 g/mol. The van der Waals surface area contributed by atoms with Gasteiger partial charge in [-0.3, -0.25) is 4.90 Å². The highest BCUT2D eigenvalue weighted by Gasteiger charge is 2.38. The standard InChI is InChI=1S/C18H21NO3S/c1-18(21,16-8-5-11-23-16)17(20)22-15-9-10-19(13-15)12-14-6-3-2-4-7-14/h2-8,11,15,21H,9-10,12-13H2,1H3. The van der Waals surface area contributed by atoms with Crippen LogP contribution in [-0.2, 0) is 21.7 Å². The van der Waals surface area contributed by atoms with E-state index in [1.807, 2.05) is 29.6 Å². The Bertz CT molecular complexity index is 640. The molecule has 5 heteroatoms. The molecule has 3 rings (SSSR count). The molecular formula is C18H21NO3S. The lowest BCUT2D eigenvalue weighted by atomic mass is 10.1. The molecule has 23 heavy (non-hydrogen) atoms. The van der Waals surface area contributed by atoms with Crippen LogP contribution in [0.25, 0.3) is 0 Å². The minimum atomic E-state index is -1.57. The average Bonchev–Trinajstić information content (AvgIpc) is 3.20. The molecule has 1 aromatic heterocycles. The van der Waals surface area contributed by atoms with Crippen LogP contribution < -0.4 is 0 Å². The molecule has 1 aliphatic heterocycles. The number of thiophene rings is 1. The molecule has 0 bridgehead atoms. The number of hydrogen-bond donors (Lipinski definition) is 1. The molecule has 1 aromatic carbocycles. The minimum absolute atomic E-state index is 0.155. The average molecular weight is 331 g/mol. The van der Waals surface area contributed by atoms with Crippen LogP contribution in [0.3, 0.4) is 0 Å². The van der Waals surface area contributed by atoms with Crippen LogP contribution in [0.2, 0.25) is 0 Å². The zero-order valence-electron chi connectivity index (χ0n) is 13.1. The molecule has 1 N–H and O–H groups in total. The highest BCUT2D eigenvalue weighted by atomic mass is 32.1. The number of carbonyl (C=O) groups is 1. The summed E-state index contributed by atoms with van der Waals surface area (Å²) in [6.45, 7) is 3.96. The fraction of sp³-hybridized carbons (Fsp3) is 0.389. The van der Waals surface area contributed by atoms with Crippen molar-refractivity contribution in [2.24, 2.45) is 0 Å². The highest BCUT2D eigenvalue weighted by Crippen LogP contribution is 2.28. The lowest BCUT2D eigenvalue weighted by molar-refractivity contribution is -0.169. The fourth-order valence-corrected chi connectivity index (χ4v) is 3.57. The maximum atomic E-state index is 12.3. The smallest absolute Gasteiger partial charge is 0.343 e. The Balaban J connectivity index is 1.54. The van der Waals surface area contributed by atoms with Gasteiger partial charge in [-0.15, -0.1) is 11.3 Å². The van der Waals surface area contributed by atoms with Gasteiger partial charge in [0.15, 0.2) is 5.60 Å². The second-order valence-electron chi connectivity index (χ2n) is 6.09. The Labute approximate surface area is 140 Å². The van der Waals surface area contributed by atoms with Gasteiger partial charge < -0.3 is 9.84 Å². The van der Waals surface area contributed by atoms with Gasteiger partial charge in [0.1, 0.15) is 6.10 Å². The quantitative estimate of drug-likeness (QED) is 0.856. The first-order chi connectivity index (χ1) is 11.1. The van der Waals surface area contributed by atoms with Gasteiger partial charge >= 0.3 is 5.97 Å². The minimum Gasteiger partial charge on any atom is -0.459 e. The summed E-state index contributed by atoms with van der Waals surface area (Å²) >= 11 is 1.36. The van der Waals surface area contributed by atoms with E-state index in [0.29, 0.717) is 11.4 Å². The van der Waals surface area contributed by atoms with Gasteiger partial charge in [0.25, 0.3) is 0 Å². The number of hydrogen-bond acceptors (Lipinski definition) is 5. The normalized spacial score (nSPS) is 21.0. The monoisotopic (exact) mass is 331 g/mol. The van der Waals surface area contributed by atoms with E-state index >= 15 is 0 Å². The second-order valence-corrected chi connectivity index (χ2v) is 7.03. The summed E-state index contributed by atoms with van der Waals surface area (Å²) in [7, 11) is 0. The summed E-state index contributed by atoms with van der Waals surface area (Å²) in [5.74, 6) is -0.563. The molecule has 2 unspecified atom stereocenters. The van der Waals surface area contributed by atoms with Crippen LogP contribution in [0.4, 0.5) is 0 Å². The third kappa shape index (κ3) is 3.80. The summed E-state index contributed by atoms with van der Waals surface area (Å²) in [4.78, 5) is 15.2. The molecule has 2 aromatic rings. The van der Waals surface area contributed by atoms with Crippen LogP contribution in [0.1, 0.15) is 23.8 Å². The molecule has 1 aliphatic rings. The first kappa shape index (κ1) is 16.2. The van der Waals surface area contributed by atoms with Gasteiger partial charge in [0.2, 0.25) is 0 Å². The first-order valence-electron chi connectivity index (χ1n) is 7.79. The Morgan fingerprint density at radius 2 is 2.13 bits per heavy atom. The number of benzene rings is 1. The van der Waals surface area contributed by atoms with Gasteiger partial charge in [-0.1, -0.05) is 36.4 Å². The number of esters is 1. The van der Waals surface area contributed by atoms with Crippen molar-refractivity contribution >= 4 is 17.3 Å². The molecule has 2 heterocycles. The fourth-order valence-electron chi connectivity index (χ4n) is 2.80. The molecule has 0 radical (unpaired) electrons. The number of carbonyl (C=O) groups excluding carboxylic acids is 1. The number of rotatable bonds is 5. The van der Waals surface area contributed by atoms with Crippen LogP contribution in [0.5, 0.6) is 0 Å². The van der Waals surface area contributed by atoms with Crippen molar-refractivity contribution in [3.63, 3.8) is 0 Å². The van der Waals surface area contributed by atoms with E-state index in [4.69, 9.17) is 4.74 Å². The number of nitrogens with zero attached hydrogens (tertiary/aromatic N) is 1. The van der Waals surface area contributed by atoms with Gasteiger partial charge in [-0.2, -0.15) is 0 Å². The zero-order chi connectivity index (χ0) is 16.3. The molecule has 0 aliphatic carbocycles. The third-order valence-corrected chi connectivity index (χ3v) is 5.23. The van der Waals surface area contributed by atoms with E-state index < -0.39 is 11.6 Å². The van der Waals surface area contributed by atoms with Gasteiger partial charge in [-0.05, 0) is 30.4 Å². The Kier molecular flexibility index (Phi) is 4.80. The largest absolute Gasteiger partial charge is 0.459 e. The van der Waals surface area contributed by atoms with Crippen LogP contribution in [-0.4, -0.2) is 35.2 Å². The summed E-state index contributed by atoms with van der Waals surface area (Å²) in [5, 5.41) is 12.3. The molecule has 0 spiro atoms. The second kappa shape index (κ2) is 6.83. The summed E-state index contributed by atoms with van der Waals surface area (Å²) < 4.78 is 5.54. The Hall–Kier alpha value is -1.69. The number of likely N-dealkylation sites (tertiary alicyclic amines) is 1. The van der Waals surface area contributed by atoms with E-state index in [2.05, 4.69) is 17.0 Å². The van der Waals surface area contributed by atoms with Crippen LogP contribution in [0, 0.1) is 0 Å². The Morgan fingerprint density at radius 3 is 2.83 bits per heavy atom. The SMILES string of the molecule is CC(O)(C(=O)OC1CCN(Cc2ccccc2)C1)c1cccs1. The number of ether oxygens (including phenoxy) is 1. The van der Waals surface area contributed by atoms with Crippen molar-refractivity contribution in [3.05, 3.63) is 58.3 Å². The van der Waals surface area contributed by atoms with Gasteiger partial charge in [0.05, 0.1) is 0 Å². The molecule has 1 fully saturated rings. The van der Waals surface area contributed by atoms with E-state index in [9.17, 15) is 9.90 Å². The third-order valence-electron chi connectivity index (χ3n) is 4.15. The predicted molar refractivity (Wildman–Crippen MR) is 90.1 cm³/mol. The van der Waals surface area contributed by atoms with Crippen molar-refractivity contribution in [2.75, 3.05) is 13.1 Å². The van der Waals surface area contributed by atoms with Crippen LogP contribution in [0.15, 0.2) is 47.8 Å². The number of aliphatic hydroxyl groups is 1. The summed E-state index contributed by atoms with van der Waals surface area (Å²) in [6.07, 6.45) is 0.650. The van der Waals surface area contributed by atoms with E-state index in [0.717, 1.165) is 19.5 Å². The highest BCUT2D eigenvalue weighted by molar-refractivity contribution is 7.10. The van der Waals surface area contributed by atoms with Crippen molar-refractivity contribution in [3.8, 4) is 0 Å². The van der Waals surface area contributed by atoms with Gasteiger partial charge in [-0.25, -0.2) is 4.79 Å². The predicted octanol–water partition coefficient (Wildman–Crippen LogP) is 2.77. The summed E-state index contributed by atoms with van der Waals surface area (Å²) in [5.41, 5.74) is -0.314. The maximum absolute atomic E-state index is 12.3. The topological polar surface area (TPSA) is 49.8 Å². The first-order valence-corrected chi connectivity index (χ1v) is 8.67. The van der Waals surface area contributed by atoms with E-state index in [1.165, 1.54) is 23.8 Å². The molecule has 0 amide bonds. The van der Waals surface area contributed by atoms with Gasteiger partial charge in [0, 0.05) is 24.5 Å². The van der Waals surface area contributed by atoms with Crippen molar-refractivity contribution in [1.82, 2.24) is 4.90 Å². The molecule has 0 saturated carbocycles. The lowest BCUT2D eigenvalue weighted by Gasteiger charge is -2.23. The molecule has 1 saturated heterocycles. The van der Waals surface area contributed by atoms with Crippen LogP contribution >= 0.6 is 11.3 Å². The maximum Gasteiger partial charge on any atom is 0.343 e. The van der Waals surface area contributed by atoms with E-state index in [-0.39, 0.29) is 6.10 Å². The molecule has 4 nitrogen and oxygen atoms in total. The molecule has 2 atom stereocenters. The summed E-state index contributed by atoms with van der Waals surface area (Å²) in [6, 6.07) is 13.8. The van der Waals surface area contributed by atoms with Crippen molar-refractivity contribution in [1.29, 1.82) is 0 Å². The zero-order valence-corrected chi connectivity index (χ0v) is 14.0. The van der Waals surface area contributed by atoms with E-state index in [1.54, 1.807) is 6.07 Å². The Morgan fingerprint density at radius 1 is 1.35 bits per heavy atom. The van der Waals surface area contributed by atoms with Crippen molar-refractivity contribution < 1.29 is 14.6 Å².